The van der Waals surface area contributed by atoms with E-state index < -0.39 is 5.54 Å². The normalized spacial score (nSPS) is 20.4. The number of fused-ring (bicyclic) bond motifs is 1. The monoisotopic (exact) mass is 378 g/mol. The van der Waals surface area contributed by atoms with Gasteiger partial charge in [-0.15, -0.1) is 11.8 Å². The smallest absolute Gasteiger partial charge is 0.152 e. The van der Waals surface area contributed by atoms with Gasteiger partial charge < -0.3 is 5.32 Å². The van der Waals surface area contributed by atoms with E-state index >= 15 is 0 Å². The zero-order chi connectivity index (χ0) is 14.9. The summed E-state index contributed by atoms with van der Waals surface area (Å²) >= 11 is 11.3. The zero-order valence-electron chi connectivity index (χ0n) is 11.1. The van der Waals surface area contributed by atoms with Gasteiger partial charge in [0.05, 0.1) is 11.1 Å². The van der Waals surface area contributed by atoms with Crippen molar-refractivity contribution in [2.45, 2.75) is 16.9 Å². The molecule has 0 bridgehead atoms. The Balaban J connectivity index is 2.02. The van der Waals surface area contributed by atoms with Gasteiger partial charge in [-0.2, -0.15) is 5.26 Å². The number of nitrogens with zero attached hydrogens (tertiary/aromatic N) is 1. The maximum atomic E-state index is 9.81. The molecule has 0 saturated carbocycles. The fraction of sp³-hybridized carbons (Fsp3) is 0.188. The number of hydrogen-bond acceptors (Lipinski definition) is 3. The summed E-state index contributed by atoms with van der Waals surface area (Å²) in [5.41, 5.74) is 1.25. The molecule has 0 aromatic heterocycles. The van der Waals surface area contributed by atoms with Gasteiger partial charge in [0.1, 0.15) is 0 Å². The Kier molecular flexibility index (Phi) is 4.17. The molecule has 3 rings (SSSR count). The number of thioether (sulfide) groups is 1. The van der Waals surface area contributed by atoms with Crippen molar-refractivity contribution >= 4 is 45.0 Å². The summed E-state index contributed by atoms with van der Waals surface area (Å²) in [7, 11) is 0. The highest BCUT2D eigenvalue weighted by Crippen LogP contribution is 2.42. The number of anilines is 1. The largest absolute Gasteiger partial charge is 0.364 e. The Morgan fingerprint density at radius 1 is 1.29 bits per heavy atom. The molecule has 1 N–H and O–H groups in total. The van der Waals surface area contributed by atoms with Crippen LogP contribution in [0.3, 0.4) is 0 Å². The first-order valence-corrected chi connectivity index (χ1v) is 8.67. The number of hydrogen-bond donors (Lipinski definition) is 1. The van der Waals surface area contributed by atoms with Crippen molar-refractivity contribution in [2.75, 3.05) is 11.1 Å². The molecule has 0 amide bonds. The molecule has 21 heavy (non-hydrogen) atoms. The van der Waals surface area contributed by atoms with Crippen LogP contribution in [0.4, 0.5) is 5.69 Å². The lowest BCUT2D eigenvalue weighted by Gasteiger charge is -2.34. The molecule has 5 heteroatoms. The van der Waals surface area contributed by atoms with Gasteiger partial charge in [-0.25, -0.2) is 0 Å². The summed E-state index contributed by atoms with van der Waals surface area (Å²) in [6.07, 6.45) is 0.769. The zero-order valence-corrected chi connectivity index (χ0v) is 14.2. The molecule has 1 atom stereocenters. The molecule has 0 radical (unpaired) electrons. The van der Waals surface area contributed by atoms with Gasteiger partial charge in [0.2, 0.25) is 0 Å². The highest BCUT2D eigenvalue weighted by molar-refractivity contribution is 9.10. The average molecular weight is 380 g/mol. The second kappa shape index (κ2) is 5.92. The first kappa shape index (κ1) is 14.8. The third-order valence-corrected chi connectivity index (χ3v) is 5.84. The van der Waals surface area contributed by atoms with Crippen LogP contribution >= 0.6 is 39.3 Å². The van der Waals surface area contributed by atoms with Crippen LogP contribution in [0.15, 0.2) is 51.8 Å². The summed E-state index contributed by atoms with van der Waals surface area (Å²) in [5.74, 6) is 0.923. The molecule has 1 aliphatic heterocycles. The fourth-order valence-corrected chi connectivity index (χ4v) is 4.19. The van der Waals surface area contributed by atoms with Crippen molar-refractivity contribution in [2.24, 2.45) is 0 Å². The van der Waals surface area contributed by atoms with E-state index in [1.54, 1.807) is 11.8 Å². The third kappa shape index (κ3) is 2.78. The van der Waals surface area contributed by atoms with E-state index in [0.717, 1.165) is 27.9 Å². The molecule has 1 unspecified atom stereocenters. The maximum absolute atomic E-state index is 9.81. The predicted molar refractivity (Wildman–Crippen MR) is 91.8 cm³/mol. The molecule has 1 aliphatic rings. The Morgan fingerprint density at radius 2 is 2.10 bits per heavy atom. The minimum atomic E-state index is -0.685. The number of halogens is 2. The summed E-state index contributed by atoms with van der Waals surface area (Å²) < 4.78 is 0.820. The van der Waals surface area contributed by atoms with E-state index in [0.29, 0.717) is 5.02 Å². The van der Waals surface area contributed by atoms with E-state index in [1.807, 2.05) is 36.4 Å². The first-order chi connectivity index (χ1) is 10.1. The topological polar surface area (TPSA) is 35.8 Å². The fourth-order valence-electron chi connectivity index (χ4n) is 2.49. The summed E-state index contributed by atoms with van der Waals surface area (Å²) in [6.45, 7) is 0. The quantitative estimate of drug-likeness (QED) is 0.756. The highest BCUT2D eigenvalue weighted by atomic mass is 79.9. The van der Waals surface area contributed by atoms with Crippen LogP contribution < -0.4 is 5.32 Å². The Bertz CT molecular complexity index is 728. The summed E-state index contributed by atoms with van der Waals surface area (Å²) in [6, 6.07) is 16.2. The highest BCUT2D eigenvalue weighted by Gasteiger charge is 2.37. The number of rotatable bonds is 2. The molecule has 0 saturated heterocycles. The van der Waals surface area contributed by atoms with Gasteiger partial charge in [-0.1, -0.05) is 29.8 Å². The van der Waals surface area contributed by atoms with E-state index in [4.69, 9.17) is 11.6 Å². The van der Waals surface area contributed by atoms with Gasteiger partial charge in [0, 0.05) is 26.4 Å². The maximum Gasteiger partial charge on any atom is 0.152 e. The van der Waals surface area contributed by atoms with Crippen molar-refractivity contribution in [3.8, 4) is 6.07 Å². The molecular weight excluding hydrogens is 368 g/mol. The van der Waals surface area contributed by atoms with Crippen LogP contribution in [0.2, 0.25) is 5.02 Å². The molecule has 0 spiro atoms. The van der Waals surface area contributed by atoms with Crippen LogP contribution in [0, 0.1) is 11.3 Å². The second-order valence-electron chi connectivity index (χ2n) is 4.87. The lowest BCUT2D eigenvalue weighted by atomic mass is 9.87. The second-order valence-corrected chi connectivity index (χ2v) is 7.26. The van der Waals surface area contributed by atoms with Crippen LogP contribution in [0.25, 0.3) is 0 Å². The average Bonchev–Trinajstić information content (AvgIpc) is 2.51. The minimum Gasteiger partial charge on any atom is -0.364 e. The van der Waals surface area contributed by atoms with Crippen molar-refractivity contribution < 1.29 is 0 Å². The SMILES string of the molecule is N#CC1(Nc2ccc(Cl)c(Br)c2)CCSc2ccccc21. The number of nitrogens with one attached hydrogen (secondary N) is 1. The third-order valence-electron chi connectivity index (χ3n) is 3.55. The lowest BCUT2D eigenvalue weighted by Crippen LogP contribution is -2.37. The molecule has 2 nitrogen and oxygen atoms in total. The van der Waals surface area contributed by atoms with Gasteiger partial charge >= 0.3 is 0 Å². The van der Waals surface area contributed by atoms with Gasteiger partial charge in [-0.3, -0.25) is 0 Å². The Hall–Kier alpha value is -1.15. The standard InChI is InChI=1S/C16H12BrClN2S/c17-13-9-11(5-6-14(13)18)20-16(10-19)7-8-21-15-4-2-1-3-12(15)16/h1-6,9,20H,7-8H2. The molecule has 2 aromatic carbocycles. The first-order valence-electron chi connectivity index (χ1n) is 6.51. The van der Waals surface area contributed by atoms with Crippen molar-refractivity contribution in [3.63, 3.8) is 0 Å². The van der Waals surface area contributed by atoms with E-state index in [9.17, 15) is 5.26 Å². The molecule has 2 aromatic rings. The van der Waals surface area contributed by atoms with E-state index in [2.05, 4.69) is 33.4 Å². The van der Waals surface area contributed by atoms with Gasteiger partial charge in [0.25, 0.3) is 0 Å². The summed E-state index contributed by atoms with van der Waals surface area (Å²) in [4.78, 5) is 1.17. The van der Waals surface area contributed by atoms with Crippen molar-refractivity contribution in [3.05, 3.63) is 57.5 Å². The number of benzene rings is 2. The van der Waals surface area contributed by atoms with Crippen LogP contribution in [-0.2, 0) is 5.54 Å². The van der Waals surface area contributed by atoms with Crippen LogP contribution in [0.1, 0.15) is 12.0 Å². The predicted octanol–water partition coefficient (Wildman–Crippen LogP) is 5.43. The van der Waals surface area contributed by atoms with Crippen LogP contribution in [-0.4, -0.2) is 5.75 Å². The molecule has 0 fully saturated rings. The van der Waals surface area contributed by atoms with Gasteiger partial charge in [0.15, 0.2) is 5.54 Å². The minimum absolute atomic E-state index is 0.658. The van der Waals surface area contributed by atoms with E-state index in [1.165, 1.54) is 4.90 Å². The van der Waals surface area contributed by atoms with Crippen molar-refractivity contribution in [1.82, 2.24) is 0 Å². The van der Waals surface area contributed by atoms with Crippen molar-refractivity contribution in [1.29, 1.82) is 5.26 Å². The Labute approximate surface area is 141 Å². The molecule has 1 heterocycles. The van der Waals surface area contributed by atoms with E-state index in [-0.39, 0.29) is 0 Å². The number of nitriles is 1. The summed E-state index contributed by atoms with van der Waals surface area (Å²) in [5, 5.41) is 13.9. The van der Waals surface area contributed by atoms with Crippen LogP contribution in [0.5, 0.6) is 0 Å². The molecule has 0 aliphatic carbocycles. The molecule has 106 valence electrons. The lowest BCUT2D eigenvalue weighted by molar-refractivity contribution is 0.589. The van der Waals surface area contributed by atoms with Gasteiger partial charge in [-0.05, 0) is 46.6 Å². The molecular formula is C16H12BrClN2S. The Morgan fingerprint density at radius 3 is 2.86 bits per heavy atom.